The molecule has 0 spiro atoms. The largest absolute Gasteiger partial charge is 0.385 e. The van der Waals surface area contributed by atoms with Gasteiger partial charge >= 0.3 is 0 Å². The Labute approximate surface area is 115 Å². The number of aliphatic hydroxyl groups is 1. The number of hydrogen-bond acceptors (Lipinski definition) is 1. The van der Waals surface area contributed by atoms with Gasteiger partial charge in [-0.25, -0.2) is 4.39 Å². The first kappa shape index (κ1) is 14.5. The monoisotopic (exact) mass is 264 g/mol. The highest BCUT2D eigenvalue weighted by Gasteiger charge is 2.38. The third kappa shape index (κ3) is 2.84. The molecule has 0 radical (unpaired) electrons. The molecule has 0 amide bonds. The van der Waals surface area contributed by atoms with Gasteiger partial charge in [-0.3, -0.25) is 0 Å². The van der Waals surface area contributed by atoms with Crippen LogP contribution in [0.25, 0.3) is 0 Å². The molecule has 0 aliphatic heterocycles. The number of benzene rings is 1. The molecule has 4 atom stereocenters. The molecule has 19 heavy (non-hydrogen) atoms. The third-order valence-corrected chi connectivity index (χ3v) is 5.15. The maximum absolute atomic E-state index is 13.7. The van der Waals surface area contributed by atoms with Gasteiger partial charge in [0.05, 0.1) is 5.60 Å². The van der Waals surface area contributed by atoms with Crippen molar-refractivity contribution in [1.29, 1.82) is 0 Å². The van der Waals surface area contributed by atoms with Gasteiger partial charge in [0, 0.05) is 0 Å². The molecule has 1 aliphatic carbocycles. The van der Waals surface area contributed by atoms with E-state index in [1.54, 1.807) is 13.0 Å². The van der Waals surface area contributed by atoms with E-state index < -0.39 is 5.60 Å². The second-order valence-corrected chi connectivity index (χ2v) is 6.58. The zero-order chi connectivity index (χ0) is 14.2. The van der Waals surface area contributed by atoms with E-state index in [0.717, 1.165) is 25.2 Å². The van der Waals surface area contributed by atoms with Crippen LogP contribution in [0.15, 0.2) is 18.2 Å². The SMILES string of the molecule is Cc1ccc(C(C)(O)C2CCC(C)C(C)C2)cc1F. The van der Waals surface area contributed by atoms with Gasteiger partial charge in [0.25, 0.3) is 0 Å². The first-order valence-corrected chi connectivity index (χ1v) is 7.31. The maximum atomic E-state index is 13.7. The molecule has 0 aromatic heterocycles. The van der Waals surface area contributed by atoms with Crippen molar-refractivity contribution in [3.05, 3.63) is 35.1 Å². The van der Waals surface area contributed by atoms with Crippen molar-refractivity contribution >= 4 is 0 Å². The van der Waals surface area contributed by atoms with Crippen LogP contribution in [-0.2, 0) is 5.60 Å². The Kier molecular flexibility index (Phi) is 4.00. The minimum absolute atomic E-state index is 0.223. The average molecular weight is 264 g/mol. The Balaban J connectivity index is 2.23. The Morgan fingerprint density at radius 3 is 2.47 bits per heavy atom. The highest BCUT2D eigenvalue weighted by atomic mass is 19.1. The van der Waals surface area contributed by atoms with Gasteiger partial charge in [0.1, 0.15) is 5.82 Å². The van der Waals surface area contributed by atoms with Gasteiger partial charge in [0.15, 0.2) is 0 Å². The molecule has 1 nitrogen and oxygen atoms in total. The van der Waals surface area contributed by atoms with Crippen LogP contribution >= 0.6 is 0 Å². The summed E-state index contributed by atoms with van der Waals surface area (Å²) in [5, 5.41) is 10.9. The summed E-state index contributed by atoms with van der Waals surface area (Å²) in [6.07, 6.45) is 3.19. The lowest BCUT2D eigenvalue weighted by Crippen LogP contribution is -2.37. The van der Waals surface area contributed by atoms with Crippen LogP contribution in [0.5, 0.6) is 0 Å². The fraction of sp³-hybridized carbons (Fsp3) is 0.647. The zero-order valence-electron chi connectivity index (χ0n) is 12.4. The number of aryl methyl sites for hydroxylation is 1. The zero-order valence-corrected chi connectivity index (χ0v) is 12.4. The molecule has 1 fully saturated rings. The normalized spacial score (nSPS) is 30.9. The molecule has 106 valence electrons. The number of hydrogen-bond donors (Lipinski definition) is 1. The summed E-state index contributed by atoms with van der Waals surface area (Å²) < 4.78 is 13.7. The third-order valence-electron chi connectivity index (χ3n) is 5.15. The van der Waals surface area contributed by atoms with Gasteiger partial charge in [-0.2, -0.15) is 0 Å². The highest BCUT2D eigenvalue weighted by Crippen LogP contribution is 2.43. The molecule has 0 bridgehead atoms. The molecular weight excluding hydrogens is 239 g/mol. The molecule has 0 heterocycles. The molecule has 0 saturated heterocycles. The van der Waals surface area contributed by atoms with E-state index in [2.05, 4.69) is 13.8 Å². The van der Waals surface area contributed by atoms with E-state index >= 15 is 0 Å². The molecule has 2 heteroatoms. The van der Waals surface area contributed by atoms with Crippen LogP contribution in [0.2, 0.25) is 0 Å². The lowest BCUT2D eigenvalue weighted by atomic mass is 9.68. The predicted octanol–water partition coefficient (Wildman–Crippen LogP) is 4.41. The Morgan fingerprint density at radius 2 is 1.89 bits per heavy atom. The minimum Gasteiger partial charge on any atom is -0.385 e. The van der Waals surface area contributed by atoms with Crippen LogP contribution in [0.3, 0.4) is 0 Å². The number of halogens is 1. The summed E-state index contributed by atoms with van der Waals surface area (Å²) in [5.41, 5.74) is 0.413. The molecule has 1 aromatic carbocycles. The highest BCUT2D eigenvalue weighted by molar-refractivity contribution is 5.28. The van der Waals surface area contributed by atoms with E-state index in [4.69, 9.17) is 0 Å². The second kappa shape index (κ2) is 5.24. The Bertz CT molecular complexity index is 453. The van der Waals surface area contributed by atoms with Crippen molar-refractivity contribution in [1.82, 2.24) is 0 Å². The Morgan fingerprint density at radius 1 is 1.21 bits per heavy atom. The van der Waals surface area contributed by atoms with E-state index in [-0.39, 0.29) is 11.7 Å². The topological polar surface area (TPSA) is 20.2 Å². The van der Waals surface area contributed by atoms with Crippen molar-refractivity contribution < 1.29 is 9.50 Å². The number of rotatable bonds is 2. The summed E-state index contributed by atoms with van der Waals surface area (Å²) >= 11 is 0. The standard InChI is InChI=1S/C17H25FO/c1-11-5-7-14(9-13(11)3)17(4,19)15-8-6-12(2)16(18)10-15/h6,8,10-11,13-14,19H,5,7,9H2,1-4H3. The fourth-order valence-corrected chi connectivity index (χ4v) is 3.20. The van der Waals surface area contributed by atoms with Crippen molar-refractivity contribution in [3.63, 3.8) is 0 Å². The van der Waals surface area contributed by atoms with Crippen molar-refractivity contribution in [2.45, 2.75) is 52.6 Å². The molecule has 4 unspecified atom stereocenters. The summed E-state index contributed by atoms with van der Waals surface area (Å²) in [4.78, 5) is 0. The molecular formula is C17H25FO. The van der Waals surface area contributed by atoms with E-state index in [0.29, 0.717) is 17.0 Å². The van der Waals surface area contributed by atoms with Crippen LogP contribution in [0.4, 0.5) is 4.39 Å². The molecule has 1 aliphatic rings. The second-order valence-electron chi connectivity index (χ2n) is 6.58. The van der Waals surface area contributed by atoms with Crippen molar-refractivity contribution in [2.75, 3.05) is 0 Å². The first-order chi connectivity index (χ1) is 8.82. The van der Waals surface area contributed by atoms with Crippen LogP contribution < -0.4 is 0 Å². The lowest BCUT2D eigenvalue weighted by Gasteiger charge is -2.40. The lowest BCUT2D eigenvalue weighted by molar-refractivity contribution is -0.0373. The fourth-order valence-electron chi connectivity index (χ4n) is 3.20. The summed E-state index contributed by atoms with van der Waals surface area (Å²) in [7, 11) is 0. The van der Waals surface area contributed by atoms with Crippen LogP contribution in [0, 0.1) is 30.5 Å². The summed E-state index contributed by atoms with van der Waals surface area (Å²) in [5.74, 6) is 1.35. The van der Waals surface area contributed by atoms with Crippen LogP contribution in [-0.4, -0.2) is 5.11 Å². The minimum atomic E-state index is -0.928. The van der Waals surface area contributed by atoms with Gasteiger partial charge in [-0.15, -0.1) is 0 Å². The van der Waals surface area contributed by atoms with Crippen LogP contribution in [0.1, 0.15) is 51.2 Å². The van der Waals surface area contributed by atoms with Crippen molar-refractivity contribution in [2.24, 2.45) is 17.8 Å². The first-order valence-electron chi connectivity index (χ1n) is 7.31. The molecule has 1 saturated carbocycles. The van der Waals surface area contributed by atoms with E-state index in [1.165, 1.54) is 6.07 Å². The van der Waals surface area contributed by atoms with E-state index in [1.807, 2.05) is 13.0 Å². The van der Waals surface area contributed by atoms with Gasteiger partial charge in [0.2, 0.25) is 0 Å². The molecule has 1 N–H and O–H groups in total. The van der Waals surface area contributed by atoms with Gasteiger partial charge in [-0.05, 0) is 61.6 Å². The molecule has 1 aromatic rings. The van der Waals surface area contributed by atoms with Gasteiger partial charge in [-0.1, -0.05) is 32.4 Å². The average Bonchev–Trinajstić information content (AvgIpc) is 2.35. The maximum Gasteiger partial charge on any atom is 0.126 e. The Hall–Kier alpha value is -0.890. The molecule has 2 rings (SSSR count). The summed E-state index contributed by atoms with van der Waals surface area (Å²) in [6, 6.07) is 5.12. The quantitative estimate of drug-likeness (QED) is 0.838. The smallest absolute Gasteiger partial charge is 0.126 e. The van der Waals surface area contributed by atoms with Crippen molar-refractivity contribution in [3.8, 4) is 0 Å². The summed E-state index contributed by atoms with van der Waals surface area (Å²) in [6.45, 7) is 8.12. The van der Waals surface area contributed by atoms with E-state index in [9.17, 15) is 9.50 Å². The predicted molar refractivity (Wildman–Crippen MR) is 76.4 cm³/mol. The van der Waals surface area contributed by atoms with Gasteiger partial charge < -0.3 is 5.11 Å².